The number of fused-ring (bicyclic) bond motifs is 1. The third-order valence-corrected chi connectivity index (χ3v) is 4.66. The van der Waals surface area contributed by atoms with E-state index in [-0.39, 0.29) is 0 Å². The van der Waals surface area contributed by atoms with E-state index in [4.69, 9.17) is 4.42 Å². The predicted octanol–water partition coefficient (Wildman–Crippen LogP) is 2.15. The molecule has 1 aliphatic heterocycles. The van der Waals surface area contributed by atoms with Crippen LogP contribution in [0.5, 0.6) is 0 Å². The molecule has 3 heterocycles. The Hall–Kier alpha value is -2.70. The van der Waals surface area contributed by atoms with E-state index in [2.05, 4.69) is 54.1 Å². The average molecular weight is 322 g/mol. The predicted molar refractivity (Wildman–Crippen MR) is 86.6 cm³/mol. The molecular weight excluding hydrogens is 304 g/mol. The van der Waals surface area contributed by atoms with Crippen LogP contribution in [-0.2, 0) is 19.5 Å². The minimum Gasteiger partial charge on any atom is -0.408 e. The standard InChI is InChI=1S/C17H18N6O/c1-2-4-12(5-3-1)10-14-18-19-15-11-22(8-9-23(14)15)17-21-20-16(24-17)13-6-7-13/h1-5,13H,6-11H2. The molecule has 0 radical (unpaired) electrons. The van der Waals surface area contributed by atoms with E-state index in [0.717, 1.165) is 37.0 Å². The van der Waals surface area contributed by atoms with Gasteiger partial charge in [-0.2, -0.15) is 0 Å². The molecule has 1 aliphatic carbocycles. The van der Waals surface area contributed by atoms with Gasteiger partial charge in [-0.05, 0) is 18.4 Å². The first-order valence-corrected chi connectivity index (χ1v) is 8.40. The summed E-state index contributed by atoms with van der Waals surface area (Å²) in [5, 5.41) is 17.1. The lowest BCUT2D eigenvalue weighted by Gasteiger charge is -2.26. The lowest BCUT2D eigenvalue weighted by Crippen LogP contribution is -2.34. The number of hydrogen-bond acceptors (Lipinski definition) is 6. The van der Waals surface area contributed by atoms with Crippen molar-refractivity contribution < 1.29 is 4.42 Å². The largest absolute Gasteiger partial charge is 0.408 e. The van der Waals surface area contributed by atoms with E-state index >= 15 is 0 Å². The van der Waals surface area contributed by atoms with E-state index in [1.54, 1.807) is 0 Å². The molecule has 0 N–H and O–H groups in total. The molecule has 122 valence electrons. The van der Waals surface area contributed by atoms with Crippen LogP contribution in [0.4, 0.5) is 6.01 Å². The Morgan fingerprint density at radius 3 is 2.71 bits per heavy atom. The Labute approximate surface area is 139 Å². The number of hydrogen-bond donors (Lipinski definition) is 0. The molecule has 1 aromatic carbocycles. The molecule has 3 aromatic rings. The number of anilines is 1. The van der Waals surface area contributed by atoms with Crippen molar-refractivity contribution in [1.82, 2.24) is 25.0 Å². The van der Waals surface area contributed by atoms with Gasteiger partial charge in [0, 0.05) is 25.4 Å². The van der Waals surface area contributed by atoms with E-state index in [0.29, 0.717) is 18.5 Å². The monoisotopic (exact) mass is 322 g/mol. The zero-order chi connectivity index (χ0) is 15.9. The van der Waals surface area contributed by atoms with Gasteiger partial charge in [-0.3, -0.25) is 0 Å². The second-order valence-electron chi connectivity index (χ2n) is 6.47. The Morgan fingerprint density at radius 2 is 1.88 bits per heavy atom. The van der Waals surface area contributed by atoms with Gasteiger partial charge < -0.3 is 13.9 Å². The minimum atomic E-state index is 0.483. The van der Waals surface area contributed by atoms with Crippen LogP contribution in [0.25, 0.3) is 0 Å². The highest BCUT2D eigenvalue weighted by molar-refractivity contribution is 5.28. The summed E-state index contributed by atoms with van der Waals surface area (Å²) in [6.07, 6.45) is 3.14. The quantitative estimate of drug-likeness (QED) is 0.733. The van der Waals surface area contributed by atoms with Crippen LogP contribution >= 0.6 is 0 Å². The maximum Gasteiger partial charge on any atom is 0.318 e. The fourth-order valence-corrected chi connectivity index (χ4v) is 3.14. The molecule has 0 amide bonds. The second kappa shape index (κ2) is 5.43. The van der Waals surface area contributed by atoms with Gasteiger partial charge in [0.15, 0.2) is 5.82 Å². The molecule has 5 rings (SSSR count). The smallest absolute Gasteiger partial charge is 0.318 e. The summed E-state index contributed by atoms with van der Waals surface area (Å²) in [5.41, 5.74) is 1.25. The van der Waals surface area contributed by atoms with Crippen LogP contribution in [0.2, 0.25) is 0 Å². The molecular formula is C17H18N6O. The van der Waals surface area contributed by atoms with Gasteiger partial charge in [0.05, 0.1) is 6.54 Å². The van der Waals surface area contributed by atoms with Crippen molar-refractivity contribution in [3.63, 3.8) is 0 Å². The van der Waals surface area contributed by atoms with Gasteiger partial charge in [-0.15, -0.1) is 15.3 Å². The average Bonchev–Trinajstić information content (AvgIpc) is 3.22. The fraction of sp³-hybridized carbons (Fsp3) is 0.412. The molecule has 0 saturated heterocycles. The second-order valence-corrected chi connectivity index (χ2v) is 6.47. The lowest BCUT2D eigenvalue weighted by atomic mass is 10.1. The van der Waals surface area contributed by atoms with Crippen molar-refractivity contribution in [3.8, 4) is 0 Å². The highest BCUT2D eigenvalue weighted by Crippen LogP contribution is 2.40. The summed E-state index contributed by atoms with van der Waals surface area (Å²) in [6.45, 7) is 2.33. The topological polar surface area (TPSA) is 72.9 Å². The Morgan fingerprint density at radius 1 is 1.00 bits per heavy atom. The maximum absolute atomic E-state index is 5.81. The van der Waals surface area contributed by atoms with Crippen LogP contribution in [0, 0.1) is 0 Å². The molecule has 7 heteroatoms. The summed E-state index contributed by atoms with van der Waals surface area (Å²) in [7, 11) is 0. The minimum absolute atomic E-state index is 0.483. The first kappa shape index (κ1) is 13.7. The SMILES string of the molecule is c1ccc(Cc2nnc3n2CCN(c2nnc(C4CC4)o2)C3)cc1. The molecule has 2 aromatic heterocycles. The van der Waals surface area contributed by atoms with Crippen LogP contribution in [-0.4, -0.2) is 31.5 Å². The van der Waals surface area contributed by atoms with Gasteiger partial charge in [0.2, 0.25) is 5.89 Å². The van der Waals surface area contributed by atoms with Gasteiger partial charge >= 0.3 is 6.01 Å². The number of rotatable bonds is 4. The van der Waals surface area contributed by atoms with Crippen molar-refractivity contribution in [1.29, 1.82) is 0 Å². The maximum atomic E-state index is 5.81. The van der Waals surface area contributed by atoms with Crippen LogP contribution in [0.3, 0.4) is 0 Å². The van der Waals surface area contributed by atoms with E-state index < -0.39 is 0 Å². The van der Waals surface area contributed by atoms with Gasteiger partial charge in [-0.1, -0.05) is 35.4 Å². The number of nitrogens with zero attached hydrogens (tertiary/aromatic N) is 6. The molecule has 0 bridgehead atoms. The van der Waals surface area contributed by atoms with Crippen LogP contribution < -0.4 is 4.90 Å². The Kier molecular flexibility index (Phi) is 3.11. The molecule has 24 heavy (non-hydrogen) atoms. The highest BCUT2D eigenvalue weighted by atomic mass is 16.4. The molecule has 1 saturated carbocycles. The number of benzene rings is 1. The van der Waals surface area contributed by atoms with Crippen LogP contribution in [0.15, 0.2) is 34.7 Å². The molecule has 1 fully saturated rings. The number of aromatic nitrogens is 5. The van der Waals surface area contributed by atoms with E-state index in [1.165, 1.54) is 18.4 Å². The highest BCUT2D eigenvalue weighted by Gasteiger charge is 2.31. The van der Waals surface area contributed by atoms with Crippen molar-refractivity contribution in [2.45, 2.75) is 38.3 Å². The van der Waals surface area contributed by atoms with E-state index in [9.17, 15) is 0 Å². The zero-order valence-electron chi connectivity index (χ0n) is 13.3. The zero-order valence-corrected chi connectivity index (χ0v) is 13.3. The molecule has 0 unspecified atom stereocenters. The van der Waals surface area contributed by atoms with Crippen molar-refractivity contribution in [2.24, 2.45) is 0 Å². The van der Waals surface area contributed by atoms with Crippen LogP contribution in [0.1, 0.15) is 41.9 Å². The molecule has 7 nitrogen and oxygen atoms in total. The first-order valence-electron chi connectivity index (χ1n) is 8.40. The first-order chi connectivity index (χ1) is 11.9. The molecule has 0 atom stereocenters. The van der Waals surface area contributed by atoms with Gasteiger partial charge in [0.25, 0.3) is 0 Å². The third kappa shape index (κ3) is 2.46. The molecule has 0 spiro atoms. The van der Waals surface area contributed by atoms with Crippen molar-refractivity contribution in [3.05, 3.63) is 53.4 Å². The molecule has 2 aliphatic rings. The Bertz CT molecular complexity index is 851. The van der Waals surface area contributed by atoms with Crippen molar-refractivity contribution in [2.75, 3.05) is 11.4 Å². The van der Waals surface area contributed by atoms with Gasteiger partial charge in [0.1, 0.15) is 5.82 Å². The summed E-state index contributed by atoms with van der Waals surface area (Å²) < 4.78 is 8.02. The summed E-state index contributed by atoms with van der Waals surface area (Å²) in [4.78, 5) is 2.09. The third-order valence-electron chi connectivity index (χ3n) is 4.66. The normalized spacial score (nSPS) is 17.1. The lowest BCUT2D eigenvalue weighted by molar-refractivity contribution is 0.455. The summed E-state index contributed by atoms with van der Waals surface area (Å²) in [6, 6.07) is 11.0. The van der Waals surface area contributed by atoms with Gasteiger partial charge in [-0.25, -0.2) is 0 Å². The summed E-state index contributed by atoms with van der Waals surface area (Å²) in [5.74, 6) is 3.23. The van der Waals surface area contributed by atoms with Crippen molar-refractivity contribution >= 4 is 6.01 Å². The Balaban J connectivity index is 1.34. The summed E-state index contributed by atoms with van der Waals surface area (Å²) >= 11 is 0. The fourth-order valence-electron chi connectivity index (χ4n) is 3.14. The van der Waals surface area contributed by atoms with E-state index in [1.807, 2.05) is 6.07 Å².